The first-order valence-corrected chi connectivity index (χ1v) is 15.4. The third kappa shape index (κ3) is 7.44. The highest BCUT2D eigenvalue weighted by molar-refractivity contribution is 7.89. The van der Waals surface area contributed by atoms with Crippen molar-refractivity contribution in [3.8, 4) is 0 Å². The van der Waals surface area contributed by atoms with Crippen molar-refractivity contribution in [2.75, 3.05) is 25.0 Å². The Bertz CT molecular complexity index is 1310. The van der Waals surface area contributed by atoms with E-state index in [9.17, 15) is 22.8 Å². The number of fused-ring (bicyclic) bond motifs is 1. The fourth-order valence-corrected chi connectivity index (χ4v) is 7.59. The second-order valence-corrected chi connectivity index (χ2v) is 14.0. The summed E-state index contributed by atoms with van der Waals surface area (Å²) in [7, 11) is -3.73. The number of amides is 4. The van der Waals surface area contributed by atoms with Gasteiger partial charge in [0.05, 0.1) is 10.5 Å². The fraction of sp³-hybridized carbons (Fsp3) is 0.519. The molecule has 0 atom stereocenters. The molecule has 0 saturated carbocycles. The van der Waals surface area contributed by atoms with Crippen LogP contribution in [0.1, 0.15) is 72.7 Å². The standard InChI is InChI=1S/C27H39N5O5S2/c1-16(2)13-32(14-17(3)4)39(36,37)20-9-7-19(8-10-20)24(33)29-26-23(25(34)30-27(28)35)21-11-12-31(18(5)6)15-22(21)38-26/h7-10,16-18H,11-15H2,1-6H3,(H,29,33)(H3,28,30,34,35). The summed E-state index contributed by atoms with van der Waals surface area (Å²) in [4.78, 5) is 40.8. The smallest absolute Gasteiger partial charge is 0.319 e. The summed E-state index contributed by atoms with van der Waals surface area (Å²) in [6, 6.07) is 5.12. The molecule has 1 aliphatic heterocycles. The van der Waals surface area contributed by atoms with Crippen LogP contribution in [0.25, 0.3) is 0 Å². The van der Waals surface area contributed by atoms with E-state index in [0.29, 0.717) is 37.1 Å². The lowest BCUT2D eigenvalue weighted by atomic mass is 10.0. The first-order chi connectivity index (χ1) is 18.2. The van der Waals surface area contributed by atoms with Gasteiger partial charge in [-0.1, -0.05) is 27.7 Å². The molecule has 0 spiro atoms. The zero-order valence-electron chi connectivity index (χ0n) is 23.4. The van der Waals surface area contributed by atoms with Gasteiger partial charge in [0.2, 0.25) is 10.0 Å². The van der Waals surface area contributed by atoms with Crippen LogP contribution in [0.5, 0.6) is 0 Å². The monoisotopic (exact) mass is 577 g/mol. The van der Waals surface area contributed by atoms with Crippen LogP contribution in [0.15, 0.2) is 29.2 Å². The van der Waals surface area contributed by atoms with Gasteiger partial charge in [-0.25, -0.2) is 13.2 Å². The molecular weight excluding hydrogens is 538 g/mol. The van der Waals surface area contributed by atoms with E-state index in [4.69, 9.17) is 5.73 Å². The number of nitrogens with zero attached hydrogens (tertiary/aromatic N) is 2. The van der Waals surface area contributed by atoms with Crippen LogP contribution in [0, 0.1) is 11.8 Å². The summed E-state index contributed by atoms with van der Waals surface area (Å²) in [6.07, 6.45) is 0.594. The van der Waals surface area contributed by atoms with E-state index in [0.717, 1.165) is 17.0 Å². The Morgan fingerprint density at radius 3 is 2.10 bits per heavy atom. The van der Waals surface area contributed by atoms with Gasteiger partial charge < -0.3 is 11.1 Å². The van der Waals surface area contributed by atoms with Crippen molar-refractivity contribution in [3.05, 3.63) is 45.8 Å². The fourth-order valence-electron chi connectivity index (χ4n) is 4.55. The number of benzene rings is 1. The Hall–Kier alpha value is -2.80. The second-order valence-electron chi connectivity index (χ2n) is 10.9. The number of hydrogen-bond acceptors (Lipinski definition) is 7. The number of thiophene rings is 1. The predicted molar refractivity (Wildman–Crippen MR) is 153 cm³/mol. The number of sulfonamides is 1. The van der Waals surface area contributed by atoms with Crippen molar-refractivity contribution < 1.29 is 22.8 Å². The lowest BCUT2D eigenvalue weighted by Gasteiger charge is -2.30. The molecule has 214 valence electrons. The molecule has 0 radical (unpaired) electrons. The third-order valence-corrected chi connectivity index (χ3v) is 9.38. The minimum Gasteiger partial charge on any atom is -0.351 e. The molecule has 1 aromatic heterocycles. The summed E-state index contributed by atoms with van der Waals surface area (Å²) < 4.78 is 28.1. The van der Waals surface area contributed by atoms with E-state index in [2.05, 4.69) is 29.4 Å². The molecule has 12 heteroatoms. The number of anilines is 1. The van der Waals surface area contributed by atoms with Gasteiger partial charge in [-0.3, -0.25) is 19.8 Å². The maximum Gasteiger partial charge on any atom is 0.319 e. The molecule has 2 aromatic rings. The highest BCUT2D eigenvalue weighted by atomic mass is 32.2. The van der Waals surface area contributed by atoms with Crippen molar-refractivity contribution >= 4 is 44.2 Å². The van der Waals surface area contributed by atoms with Gasteiger partial charge in [-0.15, -0.1) is 11.3 Å². The largest absolute Gasteiger partial charge is 0.351 e. The van der Waals surface area contributed by atoms with Crippen LogP contribution in [0.3, 0.4) is 0 Å². The van der Waals surface area contributed by atoms with E-state index in [1.807, 2.05) is 27.7 Å². The Labute approximate surface area is 235 Å². The number of urea groups is 1. The van der Waals surface area contributed by atoms with Gasteiger partial charge in [0.1, 0.15) is 5.00 Å². The Morgan fingerprint density at radius 1 is 1.00 bits per heavy atom. The molecule has 39 heavy (non-hydrogen) atoms. The first-order valence-electron chi connectivity index (χ1n) is 13.1. The summed E-state index contributed by atoms with van der Waals surface area (Å²) in [5.74, 6) is -0.833. The Balaban J connectivity index is 1.88. The number of carbonyl (C=O) groups excluding carboxylic acids is 3. The van der Waals surface area contributed by atoms with E-state index >= 15 is 0 Å². The van der Waals surface area contributed by atoms with Crippen molar-refractivity contribution in [2.24, 2.45) is 17.6 Å². The molecule has 4 N–H and O–H groups in total. The van der Waals surface area contributed by atoms with Crippen molar-refractivity contribution in [2.45, 2.75) is 65.4 Å². The summed E-state index contributed by atoms with van der Waals surface area (Å²) >= 11 is 1.29. The summed E-state index contributed by atoms with van der Waals surface area (Å²) in [5, 5.41) is 5.24. The lowest BCUT2D eigenvalue weighted by molar-refractivity contribution is 0.0965. The van der Waals surface area contributed by atoms with Gasteiger partial charge >= 0.3 is 6.03 Å². The molecule has 10 nitrogen and oxygen atoms in total. The molecule has 0 bridgehead atoms. The van der Waals surface area contributed by atoms with Crippen LogP contribution >= 0.6 is 11.3 Å². The van der Waals surface area contributed by atoms with E-state index in [1.54, 1.807) is 0 Å². The third-order valence-electron chi connectivity index (χ3n) is 6.40. The Morgan fingerprint density at radius 2 is 1.59 bits per heavy atom. The Kier molecular flexibility index (Phi) is 9.92. The molecule has 0 unspecified atom stereocenters. The SMILES string of the molecule is CC(C)CN(CC(C)C)S(=O)(=O)c1ccc(C(=O)Nc2sc3c(c2C(=O)NC(N)=O)CCN(C(C)C)C3)cc1. The molecular formula is C27H39N5O5S2. The minimum atomic E-state index is -3.73. The topological polar surface area (TPSA) is 142 Å². The highest BCUT2D eigenvalue weighted by Gasteiger charge is 2.30. The molecule has 0 aliphatic carbocycles. The summed E-state index contributed by atoms with van der Waals surface area (Å²) in [5.41, 5.74) is 6.46. The van der Waals surface area contributed by atoms with Crippen LogP contribution in [0.2, 0.25) is 0 Å². The number of nitrogens with two attached hydrogens (primary N) is 1. The van der Waals surface area contributed by atoms with Crippen molar-refractivity contribution in [1.29, 1.82) is 0 Å². The van der Waals surface area contributed by atoms with Gasteiger partial charge in [-0.05, 0) is 61.9 Å². The number of imide groups is 1. The molecule has 1 aromatic carbocycles. The average molecular weight is 578 g/mol. The van der Waals surface area contributed by atoms with Crippen LogP contribution < -0.4 is 16.4 Å². The number of rotatable bonds is 10. The van der Waals surface area contributed by atoms with Crippen LogP contribution in [-0.2, 0) is 23.0 Å². The average Bonchev–Trinajstić information content (AvgIpc) is 3.19. The van der Waals surface area contributed by atoms with E-state index in [-0.39, 0.29) is 27.9 Å². The molecule has 1 aliphatic rings. The molecule has 0 saturated heterocycles. The minimum absolute atomic E-state index is 0.113. The number of carbonyl (C=O) groups is 3. The van der Waals surface area contributed by atoms with Crippen molar-refractivity contribution in [1.82, 2.24) is 14.5 Å². The number of nitrogens with one attached hydrogen (secondary N) is 2. The predicted octanol–water partition coefficient (Wildman–Crippen LogP) is 3.88. The first kappa shape index (κ1) is 30.7. The molecule has 4 amide bonds. The van der Waals surface area contributed by atoms with Crippen LogP contribution in [-0.4, -0.2) is 61.1 Å². The normalized spacial score (nSPS) is 14.2. The van der Waals surface area contributed by atoms with Crippen molar-refractivity contribution in [3.63, 3.8) is 0 Å². The molecule has 0 fully saturated rings. The maximum atomic E-state index is 13.3. The molecule has 2 heterocycles. The summed E-state index contributed by atoms with van der Waals surface area (Å²) in [6.45, 7) is 14.2. The zero-order chi connectivity index (χ0) is 29.1. The number of hydrogen-bond donors (Lipinski definition) is 3. The second kappa shape index (κ2) is 12.6. The lowest BCUT2D eigenvalue weighted by Crippen LogP contribution is -2.38. The van der Waals surface area contributed by atoms with Gasteiger partial charge in [0.25, 0.3) is 11.8 Å². The quantitative estimate of drug-likeness (QED) is 0.391. The molecule has 3 rings (SSSR count). The van der Waals surface area contributed by atoms with Gasteiger partial charge in [0, 0.05) is 42.7 Å². The van der Waals surface area contributed by atoms with Gasteiger partial charge in [0.15, 0.2) is 0 Å². The maximum absolute atomic E-state index is 13.3. The highest BCUT2D eigenvalue weighted by Crippen LogP contribution is 2.38. The van der Waals surface area contributed by atoms with Gasteiger partial charge in [-0.2, -0.15) is 4.31 Å². The zero-order valence-corrected chi connectivity index (χ0v) is 25.0. The number of primary amides is 1. The van der Waals surface area contributed by atoms with Crippen LogP contribution in [0.4, 0.5) is 9.80 Å². The van der Waals surface area contributed by atoms with E-state index < -0.39 is 27.9 Å². The van der Waals surface area contributed by atoms with E-state index in [1.165, 1.54) is 39.9 Å².